The van der Waals surface area contributed by atoms with E-state index in [1.165, 1.54) is 0 Å². The monoisotopic (exact) mass is 400 g/mol. The summed E-state index contributed by atoms with van der Waals surface area (Å²) in [5, 5.41) is 3.43. The van der Waals surface area contributed by atoms with E-state index in [2.05, 4.69) is 5.32 Å². The first kappa shape index (κ1) is 19.6. The molecule has 1 atom stereocenters. The number of carbonyl (C=O) groups is 1. The van der Waals surface area contributed by atoms with Crippen molar-refractivity contribution in [1.82, 2.24) is 0 Å². The van der Waals surface area contributed by atoms with Crippen molar-refractivity contribution in [3.8, 4) is 0 Å². The Balaban J connectivity index is 2.36. The molecule has 25 heavy (non-hydrogen) atoms. The molecule has 1 amide bonds. The third kappa shape index (κ3) is 5.11. The Hall–Kier alpha value is -1.76. The van der Waals surface area contributed by atoms with Gasteiger partial charge in [0.1, 0.15) is 6.04 Å². The highest BCUT2D eigenvalue weighted by Crippen LogP contribution is 2.25. The second kappa shape index (κ2) is 8.08. The first-order valence-corrected chi connectivity index (χ1v) is 10.1. The number of benzene rings is 2. The van der Waals surface area contributed by atoms with Crippen molar-refractivity contribution >= 4 is 50.5 Å². The van der Waals surface area contributed by atoms with Crippen LogP contribution in [0.3, 0.4) is 0 Å². The van der Waals surface area contributed by atoms with Crippen molar-refractivity contribution in [3.05, 3.63) is 58.6 Å². The quantitative estimate of drug-likeness (QED) is 0.790. The highest BCUT2D eigenvalue weighted by Gasteiger charge is 2.31. The Kier molecular flexibility index (Phi) is 6.32. The molecular weight excluding hydrogens is 383 g/mol. The van der Waals surface area contributed by atoms with Crippen LogP contribution in [-0.2, 0) is 14.8 Å². The van der Waals surface area contributed by atoms with E-state index in [1.54, 1.807) is 55.5 Å². The molecule has 1 N–H and O–H groups in total. The lowest BCUT2D eigenvalue weighted by Gasteiger charge is -2.30. The topological polar surface area (TPSA) is 66.5 Å². The summed E-state index contributed by atoms with van der Waals surface area (Å²) >= 11 is 11.9. The maximum absolute atomic E-state index is 12.7. The van der Waals surface area contributed by atoms with E-state index >= 15 is 0 Å². The number of para-hydroxylation sites is 1. The van der Waals surface area contributed by atoms with Crippen molar-refractivity contribution in [1.29, 1.82) is 0 Å². The van der Waals surface area contributed by atoms with Gasteiger partial charge in [-0.3, -0.25) is 9.10 Å². The van der Waals surface area contributed by atoms with Crippen LogP contribution in [0.25, 0.3) is 0 Å². The number of hydrogen-bond donors (Lipinski definition) is 1. The highest BCUT2D eigenvalue weighted by atomic mass is 35.5. The number of sulfonamides is 1. The molecule has 8 heteroatoms. The molecule has 0 bridgehead atoms. The summed E-state index contributed by atoms with van der Waals surface area (Å²) < 4.78 is 25.7. The summed E-state index contributed by atoms with van der Waals surface area (Å²) in [4.78, 5) is 12.7. The number of hydrogen-bond acceptors (Lipinski definition) is 3. The normalized spacial score (nSPS) is 12.5. The van der Waals surface area contributed by atoms with Crippen LogP contribution in [0.4, 0.5) is 11.4 Å². The summed E-state index contributed by atoms with van der Waals surface area (Å²) in [5.74, 6) is -0.463. The molecule has 0 aliphatic carbocycles. The Morgan fingerprint density at radius 1 is 1.12 bits per heavy atom. The largest absolute Gasteiger partial charge is 0.324 e. The standard InChI is InChI=1S/C17H18Cl2N2O3S/c1-3-16(17(22)20-14-10-12(18)9-13(19)11-14)21(25(2,23)24)15-7-5-4-6-8-15/h4-11,16H,3H2,1-2H3,(H,20,22)/t16-/m0/s1. The molecule has 0 fully saturated rings. The maximum atomic E-state index is 12.7. The van der Waals surface area contributed by atoms with E-state index in [9.17, 15) is 13.2 Å². The van der Waals surface area contributed by atoms with Gasteiger partial charge < -0.3 is 5.32 Å². The van der Waals surface area contributed by atoms with Crippen LogP contribution >= 0.6 is 23.2 Å². The van der Waals surface area contributed by atoms with Gasteiger partial charge in [0, 0.05) is 15.7 Å². The van der Waals surface area contributed by atoms with Crippen LogP contribution in [-0.4, -0.2) is 26.6 Å². The van der Waals surface area contributed by atoms with Gasteiger partial charge in [-0.25, -0.2) is 8.42 Å². The van der Waals surface area contributed by atoms with Crippen molar-refractivity contribution in [2.75, 3.05) is 15.9 Å². The van der Waals surface area contributed by atoms with E-state index < -0.39 is 22.0 Å². The van der Waals surface area contributed by atoms with E-state index in [1.807, 2.05) is 0 Å². The number of amides is 1. The molecule has 2 aromatic carbocycles. The molecule has 0 saturated heterocycles. The zero-order valence-corrected chi connectivity index (χ0v) is 16.1. The molecule has 134 valence electrons. The Morgan fingerprint density at radius 3 is 2.16 bits per heavy atom. The van der Waals surface area contributed by atoms with Gasteiger partial charge in [-0.15, -0.1) is 0 Å². The SMILES string of the molecule is CC[C@@H](C(=O)Nc1cc(Cl)cc(Cl)c1)N(c1ccccc1)S(C)(=O)=O. The fourth-order valence-corrected chi connectivity index (χ4v) is 4.22. The Bertz CT molecular complexity index is 837. The maximum Gasteiger partial charge on any atom is 0.248 e. The van der Waals surface area contributed by atoms with E-state index in [4.69, 9.17) is 23.2 Å². The average molecular weight is 401 g/mol. The lowest BCUT2D eigenvalue weighted by Crippen LogP contribution is -2.46. The predicted molar refractivity (Wildman–Crippen MR) is 103 cm³/mol. The number of nitrogens with zero attached hydrogens (tertiary/aromatic N) is 1. The molecular formula is C17H18Cl2N2O3S. The second-order valence-corrected chi connectivity index (χ2v) is 8.20. The fraction of sp³-hybridized carbons (Fsp3) is 0.235. The minimum Gasteiger partial charge on any atom is -0.324 e. The summed E-state index contributed by atoms with van der Waals surface area (Å²) in [5.41, 5.74) is 0.832. The van der Waals surface area contributed by atoms with Crippen molar-refractivity contribution in [3.63, 3.8) is 0 Å². The third-order valence-corrected chi connectivity index (χ3v) is 5.09. The number of halogens is 2. The van der Waals surface area contributed by atoms with Gasteiger partial charge in [0.25, 0.3) is 0 Å². The molecule has 0 saturated carbocycles. The molecule has 0 aromatic heterocycles. The summed E-state index contributed by atoms with van der Waals surface area (Å²) in [6.45, 7) is 1.75. The molecule has 2 aromatic rings. The van der Waals surface area contributed by atoms with Gasteiger partial charge in [0.05, 0.1) is 11.9 Å². The van der Waals surface area contributed by atoms with Gasteiger partial charge in [-0.1, -0.05) is 48.3 Å². The van der Waals surface area contributed by atoms with Crippen LogP contribution in [0.15, 0.2) is 48.5 Å². The summed E-state index contributed by atoms with van der Waals surface area (Å²) in [7, 11) is -3.66. The van der Waals surface area contributed by atoms with Gasteiger partial charge in [-0.05, 0) is 36.8 Å². The number of carbonyl (C=O) groups excluding carboxylic acids is 1. The van der Waals surface area contributed by atoms with Crippen LogP contribution in [0.1, 0.15) is 13.3 Å². The van der Waals surface area contributed by atoms with Crippen LogP contribution in [0.5, 0.6) is 0 Å². The lowest BCUT2D eigenvalue weighted by molar-refractivity contribution is -0.117. The lowest BCUT2D eigenvalue weighted by atomic mass is 10.2. The third-order valence-electron chi connectivity index (χ3n) is 3.47. The number of nitrogens with one attached hydrogen (secondary N) is 1. The van der Waals surface area contributed by atoms with Gasteiger partial charge in [0.15, 0.2) is 0 Å². The van der Waals surface area contributed by atoms with Crippen LogP contribution in [0, 0.1) is 0 Å². The Labute approximate surface area is 157 Å². The zero-order valence-electron chi connectivity index (χ0n) is 13.7. The molecule has 0 unspecified atom stereocenters. The average Bonchev–Trinajstić information content (AvgIpc) is 2.50. The Morgan fingerprint density at radius 2 is 1.68 bits per heavy atom. The van der Waals surface area contributed by atoms with Crippen molar-refractivity contribution in [2.24, 2.45) is 0 Å². The molecule has 2 rings (SSSR count). The molecule has 0 spiro atoms. The van der Waals surface area contributed by atoms with E-state index in [-0.39, 0.29) is 0 Å². The predicted octanol–water partition coefficient (Wildman–Crippen LogP) is 4.18. The number of anilines is 2. The first-order valence-electron chi connectivity index (χ1n) is 7.53. The minimum absolute atomic E-state index is 0.294. The number of rotatable bonds is 6. The second-order valence-electron chi connectivity index (χ2n) is 5.47. The van der Waals surface area contributed by atoms with Gasteiger partial charge in [0.2, 0.25) is 15.9 Å². The van der Waals surface area contributed by atoms with Crippen LogP contribution in [0.2, 0.25) is 10.0 Å². The molecule has 0 heterocycles. The first-order chi connectivity index (χ1) is 11.7. The molecule has 5 nitrogen and oxygen atoms in total. The molecule has 0 aliphatic heterocycles. The fourth-order valence-electron chi connectivity index (χ4n) is 2.49. The van der Waals surface area contributed by atoms with Crippen molar-refractivity contribution in [2.45, 2.75) is 19.4 Å². The summed E-state index contributed by atoms with van der Waals surface area (Å²) in [6, 6.07) is 12.2. The minimum atomic E-state index is -3.66. The van der Waals surface area contributed by atoms with Gasteiger partial charge in [-0.2, -0.15) is 0 Å². The summed E-state index contributed by atoms with van der Waals surface area (Å²) in [6.07, 6.45) is 1.37. The zero-order chi connectivity index (χ0) is 18.6. The smallest absolute Gasteiger partial charge is 0.248 e. The molecule has 0 radical (unpaired) electrons. The van der Waals surface area contributed by atoms with Crippen molar-refractivity contribution < 1.29 is 13.2 Å². The molecule has 0 aliphatic rings. The van der Waals surface area contributed by atoms with E-state index in [0.717, 1.165) is 10.6 Å². The van der Waals surface area contributed by atoms with Crippen LogP contribution < -0.4 is 9.62 Å². The van der Waals surface area contributed by atoms with Gasteiger partial charge >= 0.3 is 0 Å². The van der Waals surface area contributed by atoms with E-state index in [0.29, 0.717) is 27.8 Å². The highest BCUT2D eigenvalue weighted by molar-refractivity contribution is 7.92.